The van der Waals surface area contributed by atoms with Crippen molar-refractivity contribution in [1.29, 1.82) is 0 Å². The average molecular weight is 349 g/mol. The van der Waals surface area contributed by atoms with E-state index in [1.54, 1.807) is 18.2 Å². The normalized spacial score (nSPS) is 15.9. The lowest BCUT2D eigenvalue weighted by Crippen LogP contribution is -2.53. The zero-order valence-electron chi connectivity index (χ0n) is 15.4. The van der Waals surface area contributed by atoms with Gasteiger partial charge in [0, 0.05) is 38.4 Å². The minimum absolute atomic E-state index is 0.286. The molecule has 0 bridgehead atoms. The molecule has 2 heterocycles. The third-order valence-corrected chi connectivity index (χ3v) is 3.69. The van der Waals surface area contributed by atoms with E-state index in [1.807, 2.05) is 37.8 Å². The van der Waals surface area contributed by atoms with Crippen molar-refractivity contribution in [2.75, 3.05) is 33.3 Å². The van der Waals surface area contributed by atoms with Crippen LogP contribution < -0.4 is 10.5 Å². The number of ether oxygens (including phenoxy) is 2. The van der Waals surface area contributed by atoms with Gasteiger partial charge in [-0.05, 0) is 32.4 Å². The van der Waals surface area contributed by atoms with E-state index in [2.05, 4.69) is 9.98 Å². The number of nitrogens with two attached hydrogens (primary N) is 1. The molecule has 138 valence electrons. The molecule has 2 rings (SSSR count). The van der Waals surface area contributed by atoms with Crippen LogP contribution in [0, 0.1) is 0 Å². The van der Waals surface area contributed by atoms with Crippen LogP contribution >= 0.6 is 0 Å². The molecular formula is C17H27N5O3. The molecule has 1 aliphatic rings. The number of methoxy groups -OCH3 is 1. The molecule has 1 aromatic heterocycles. The number of amides is 1. The van der Waals surface area contributed by atoms with Crippen LogP contribution in [0.15, 0.2) is 23.3 Å². The standard InChI is InChI=1S/C17H27N5O3/c1-17(2,3)25-16(23)22-9-7-21(8-10-22)15(18)20-12-13-5-6-19-14(11-13)24-4/h5-6,11H,7-10,12H2,1-4H3,(H2,18,20). The van der Waals surface area contributed by atoms with Gasteiger partial charge in [-0.3, -0.25) is 0 Å². The molecule has 0 saturated carbocycles. The van der Waals surface area contributed by atoms with Gasteiger partial charge in [0.15, 0.2) is 5.96 Å². The first-order valence-electron chi connectivity index (χ1n) is 8.30. The molecule has 25 heavy (non-hydrogen) atoms. The van der Waals surface area contributed by atoms with E-state index in [-0.39, 0.29) is 6.09 Å². The number of hydrogen-bond donors (Lipinski definition) is 1. The summed E-state index contributed by atoms with van der Waals surface area (Å²) in [6.45, 7) is 8.43. The van der Waals surface area contributed by atoms with Gasteiger partial charge in [-0.15, -0.1) is 0 Å². The quantitative estimate of drug-likeness (QED) is 0.656. The van der Waals surface area contributed by atoms with Crippen molar-refractivity contribution in [3.05, 3.63) is 23.9 Å². The smallest absolute Gasteiger partial charge is 0.410 e. The molecular weight excluding hydrogens is 322 g/mol. The van der Waals surface area contributed by atoms with Gasteiger partial charge in [-0.1, -0.05) is 0 Å². The monoisotopic (exact) mass is 349 g/mol. The minimum Gasteiger partial charge on any atom is -0.481 e. The van der Waals surface area contributed by atoms with E-state index in [1.165, 1.54) is 0 Å². The first kappa shape index (κ1) is 18.8. The maximum atomic E-state index is 12.1. The van der Waals surface area contributed by atoms with Gasteiger partial charge in [0.05, 0.1) is 13.7 Å². The largest absolute Gasteiger partial charge is 0.481 e. The van der Waals surface area contributed by atoms with E-state index in [4.69, 9.17) is 15.2 Å². The fraction of sp³-hybridized carbons (Fsp3) is 0.588. The Balaban J connectivity index is 1.86. The van der Waals surface area contributed by atoms with Gasteiger partial charge in [-0.25, -0.2) is 14.8 Å². The second-order valence-electron chi connectivity index (χ2n) is 6.84. The highest BCUT2D eigenvalue weighted by Crippen LogP contribution is 2.12. The molecule has 1 aromatic rings. The number of aliphatic imine (C=N–C) groups is 1. The highest BCUT2D eigenvalue weighted by atomic mass is 16.6. The van der Waals surface area contributed by atoms with Crippen LogP contribution in [0.4, 0.5) is 4.79 Å². The summed E-state index contributed by atoms with van der Waals surface area (Å²) in [6.07, 6.45) is 1.39. The van der Waals surface area contributed by atoms with Gasteiger partial charge < -0.3 is 25.0 Å². The van der Waals surface area contributed by atoms with E-state index >= 15 is 0 Å². The van der Waals surface area contributed by atoms with Crippen LogP contribution in [-0.4, -0.2) is 65.7 Å². The molecule has 0 aromatic carbocycles. The number of carbonyl (C=O) groups excluding carboxylic acids is 1. The summed E-state index contributed by atoms with van der Waals surface area (Å²) < 4.78 is 10.5. The minimum atomic E-state index is -0.486. The molecule has 1 amide bonds. The van der Waals surface area contributed by atoms with Crippen molar-refractivity contribution >= 4 is 12.1 Å². The van der Waals surface area contributed by atoms with Crippen molar-refractivity contribution in [3.8, 4) is 5.88 Å². The first-order chi connectivity index (χ1) is 11.8. The van der Waals surface area contributed by atoms with Crippen molar-refractivity contribution in [2.45, 2.75) is 32.9 Å². The Morgan fingerprint density at radius 1 is 1.28 bits per heavy atom. The second-order valence-corrected chi connectivity index (χ2v) is 6.84. The van der Waals surface area contributed by atoms with E-state index < -0.39 is 5.60 Å². The van der Waals surface area contributed by atoms with Gasteiger partial charge >= 0.3 is 6.09 Å². The Labute approximate surface area is 148 Å². The van der Waals surface area contributed by atoms with Crippen LogP contribution in [0.1, 0.15) is 26.3 Å². The maximum absolute atomic E-state index is 12.1. The Morgan fingerprint density at radius 3 is 2.52 bits per heavy atom. The number of hydrogen-bond acceptors (Lipinski definition) is 5. The van der Waals surface area contributed by atoms with Crippen LogP contribution in [-0.2, 0) is 11.3 Å². The summed E-state index contributed by atoms with van der Waals surface area (Å²) in [6, 6.07) is 3.71. The fourth-order valence-corrected chi connectivity index (χ4v) is 2.38. The number of rotatable bonds is 3. The van der Waals surface area contributed by atoms with Crippen molar-refractivity contribution in [3.63, 3.8) is 0 Å². The summed E-state index contributed by atoms with van der Waals surface area (Å²) in [7, 11) is 1.58. The molecule has 8 nitrogen and oxygen atoms in total. The lowest BCUT2D eigenvalue weighted by Gasteiger charge is -2.36. The first-order valence-corrected chi connectivity index (χ1v) is 8.30. The highest BCUT2D eigenvalue weighted by Gasteiger charge is 2.26. The molecule has 0 aliphatic carbocycles. The van der Waals surface area contributed by atoms with Crippen molar-refractivity contribution in [1.82, 2.24) is 14.8 Å². The van der Waals surface area contributed by atoms with E-state index in [9.17, 15) is 4.79 Å². The topological polar surface area (TPSA) is 93.3 Å². The third kappa shape index (κ3) is 5.81. The summed E-state index contributed by atoms with van der Waals surface area (Å²) in [5.74, 6) is 1.02. The van der Waals surface area contributed by atoms with Crippen LogP contribution in [0.25, 0.3) is 0 Å². The molecule has 8 heteroatoms. The summed E-state index contributed by atoms with van der Waals surface area (Å²) in [5.41, 5.74) is 6.57. The zero-order valence-corrected chi connectivity index (χ0v) is 15.4. The molecule has 0 spiro atoms. The predicted molar refractivity (Wildman–Crippen MR) is 95.5 cm³/mol. The van der Waals surface area contributed by atoms with Gasteiger partial charge in [0.2, 0.25) is 5.88 Å². The molecule has 1 aliphatic heterocycles. The number of aromatic nitrogens is 1. The van der Waals surface area contributed by atoms with Crippen LogP contribution in [0.5, 0.6) is 5.88 Å². The van der Waals surface area contributed by atoms with E-state index in [0.29, 0.717) is 44.6 Å². The number of pyridine rings is 1. The van der Waals surface area contributed by atoms with Gasteiger partial charge in [0.25, 0.3) is 0 Å². The maximum Gasteiger partial charge on any atom is 0.410 e. The number of guanidine groups is 1. The second kappa shape index (κ2) is 8.04. The molecule has 2 N–H and O–H groups in total. The molecule has 0 atom stereocenters. The Bertz CT molecular complexity index is 619. The van der Waals surface area contributed by atoms with Gasteiger partial charge in [-0.2, -0.15) is 0 Å². The van der Waals surface area contributed by atoms with Crippen molar-refractivity contribution < 1.29 is 14.3 Å². The lowest BCUT2D eigenvalue weighted by atomic mass is 10.2. The van der Waals surface area contributed by atoms with Crippen LogP contribution in [0.2, 0.25) is 0 Å². The van der Waals surface area contributed by atoms with Gasteiger partial charge in [0.1, 0.15) is 5.60 Å². The molecule has 0 unspecified atom stereocenters. The number of piperazine rings is 1. The number of nitrogens with zero attached hydrogens (tertiary/aromatic N) is 4. The Kier molecular flexibility index (Phi) is 6.06. The molecule has 1 fully saturated rings. The molecule has 1 saturated heterocycles. The highest BCUT2D eigenvalue weighted by molar-refractivity contribution is 5.78. The molecule has 0 radical (unpaired) electrons. The third-order valence-electron chi connectivity index (χ3n) is 3.69. The zero-order chi connectivity index (χ0) is 18.4. The average Bonchev–Trinajstić information content (AvgIpc) is 2.58. The van der Waals surface area contributed by atoms with Crippen molar-refractivity contribution in [2.24, 2.45) is 10.7 Å². The number of carbonyl (C=O) groups is 1. The fourth-order valence-electron chi connectivity index (χ4n) is 2.38. The SMILES string of the molecule is COc1cc(CN=C(N)N2CCN(C(=O)OC(C)(C)C)CC2)ccn1. The lowest BCUT2D eigenvalue weighted by molar-refractivity contribution is 0.0186. The van der Waals surface area contributed by atoms with E-state index in [0.717, 1.165) is 5.56 Å². The summed E-state index contributed by atoms with van der Waals surface area (Å²) in [4.78, 5) is 24.2. The Hall–Kier alpha value is -2.51. The summed E-state index contributed by atoms with van der Waals surface area (Å²) in [5, 5.41) is 0. The van der Waals surface area contributed by atoms with Crippen LogP contribution in [0.3, 0.4) is 0 Å². The summed E-state index contributed by atoms with van der Waals surface area (Å²) >= 11 is 0. The predicted octanol–water partition coefficient (Wildman–Crippen LogP) is 1.46. The Morgan fingerprint density at radius 2 is 1.92 bits per heavy atom.